The molecule has 1 N–H and O–H groups in total. The number of hydrogen-bond donors (Lipinski definition) is 1. The first-order valence-electron chi connectivity index (χ1n) is 9.56. The molecular weight excluding hydrogens is 396 g/mol. The van der Waals surface area contributed by atoms with Crippen molar-refractivity contribution in [3.05, 3.63) is 59.2 Å². The van der Waals surface area contributed by atoms with Crippen LogP contribution in [0.15, 0.2) is 42.5 Å². The number of Topliss-reactive ketones (excluding diaryl/α,β-unsaturated/α-hetero) is 1. The van der Waals surface area contributed by atoms with Crippen LogP contribution in [0.1, 0.15) is 40.7 Å². The second-order valence-electron chi connectivity index (χ2n) is 6.87. The van der Waals surface area contributed by atoms with E-state index in [1.807, 2.05) is 12.1 Å². The van der Waals surface area contributed by atoms with Crippen LogP contribution in [0.2, 0.25) is 0 Å². The van der Waals surface area contributed by atoms with Crippen molar-refractivity contribution in [2.75, 3.05) is 11.9 Å². The van der Waals surface area contributed by atoms with Crippen LogP contribution in [-0.2, 0) is 27.2 Å². The Hall–Kier alpha value is -3.29. The van der Waals surface area contributed by atoms with Gasteiger partial charge in [0.05, 0.1) is 6.42 Å². The number of ketones is 1. The first-order valence-corrected chi connectivity index (χ1v) is 9.56. The number of fused-ring (bicyclic) bond motifs is 1. The largest absolute Gasteiger partial charge is 0.456 e. The average Bonchev–Trinajstić information content (AvgIpc) is 3.19. The van der Waals surface area contributed by atoms with Gasteiger partial charge in [-0.1, -0.05) is 12.1 Å². The fourth-order valence-electron chi connectivity index (χ4n) is 3.24. The second-order valence-corrected chi connectivity index (χ2v) is 6.87. The number of esters is 1. The second kappa shape index (κ2) is 9.96. The molecule has 1 aliphatic carbocycles. The van der Waals surface area contributed by atoms with Crippen molar-refractivity contribution in [2.24, 2.45) is 0 Å². The molecule has 0 saturated heterocycles. The van der Waals surface area contributed by atoms with E-state index < -0.39 is 25.1 Å². The van der Waals surface area contributed by atoms with Crippen LogP contribution < -0.4 is 10.1 Å². The summed E-state index contributed by atoms with van der Waals surface area (Å²) in [4.78, 5) is 35.9. The van der Waals surface area contributed by atoms with Crippen LogP contribution in [0.4, 0.5) is 14.5 Å². The molecule has 2 aromatic rings. The van der Waals surface area contributed by atoms with E-state index in [4.69, 9.17) is 4.74 Å². The summed E-state index contributed by atoms with van der Waals surface area (Å²) >= 11 is 0. The van der Waals surface area contributed by atoms with Crippen LogP contribution in [0.25, 0.3) is 0 Å². The molecule has 1 aliphatic rings. The smallest absolute Gasteiger partial charge is 0.387 e. The zero-order valence-corrected chi connectivity index (χ0v) is 16.2. The van der Waals surface area contributed by atoms with Gasteiger partial charge < -0.3 is 14.8 Å². The molecule has 0 heterocycles. The molecule has 0 bridgehead atoms. The number of nitrogens with one attached hydrogen (secondary N) is 1. The lowest BCUT2D eigenvalue weighted by atomic mass is 10.0. The van der Waals surface area contributed by atoms with Crippen molar-refractivity contribution in [2.45, 2.75) is 38.7 Å². The SMILES string of the molecule is O=C(COC(=O)CCC(=O)c1ccc2c(c1)CCC2)Nc1ccc(OC(F)F)cc1. The van der Waals surface area contributed by atoms with Crippen molar-refractivity contribution in [1.82, 2.24) is 0 Å². The van der Waals surface area contributed by atoms with Crippen LogP contribution in [0.3, 0.4) is 0 Å². The first-order chi connectivity index (χ1) is 14.4. The summed E-state index contributed by atoms with van der Waals surface area (Å²) in [5.41, 5.74) is 3.38. The molecule has 8 heteroatoms. The molecule has 2 aromatic carbocycles. The maximum atomic E-state index is 12.3. The van der Waals surface area contributed by atoms with Gasteiger partial charge in [-0.2, -0.15) is 8.78 Å². The van der Waals surface area contributed by atoms with E-state index in [1.54, 1.807) is 6.07 Å². The minimum absolute atomic E-state index is 0.00480. The maximum Gasteiger partial charge on any atom is 0.387 e. The molecule has 0 aromatic heterocycles. The van der Waals surface area contributed by atoms with Crippen LogP contribution >= 0.6 is 0 Å². The molecule has 3 rings (SSSR count). The summed E-state index contributed by atoms with van der Waals surface area (Å²) in [7, 11) is 0. The van der Waals surface area contributed by atoms with Gasteiger partial charge in [0.15, 0.2) is 12.4 Å². The number of hydrogen-bond acceptors (Lipinski definition) is 5. The van der Waals surface area contributed by atoms with Crippen LogP contribution in [0, 0.1) is 0 Å². The number of rotatable bonds is 9. The van der Waals surface area contributed by atoms with Gasteiger partial charge in [0.2, 0.25) is 0 Å². The highest BCUT2D eigenvalue weighted by Gasteiger charge is 2.16. The molecule has 0 atom stereocenters. The normalized spacial score (nSPS) is 12.4. The number of anilines is 1. The van der Waals surface area contributed by atoms with Gasteiger partial charge in [0.1, 0.15) is 5.75 Å². The molecule has 6 nitrogen and oxygen atoms in total. The quantitative estimate of drug-likeness (QED) is 0.494. The summed E-state index contributed by atoms with van der Waals surface area (Å²) in [5.74, 6) is -1.42. The van der Waals surface area contributed by atoms with Gasteiger partial charge in [-0.3, -0.25) is 14.4 Å². The molecule has 1 amide bonds. The number of ether oxygens (including phenoxy) is 2. The summed E-state index contributed by atoms with van der Waals surface area (Å²) in [6.07, 6.45) is 2.98. The third-order valence-electron chi connectivity index (χ3n) is 4.70. The molecule has 0 spiro atoms. The van der Waals surface area contributed by atoms with E-state index in [-0.39, 0.29) is 24.4 Å². The number of benzene rings is 2. The Morgan fingerprint density at radius 2 is 1.70 bits per heavy atom. The molecule has 0 radical (unpaired) electrons. The fourth-order valence-corrected chi connectivity index (χ4v) is 3.24. The van der Waals surface area contributed by atoms with E-state index in [2.05, 4.69) is 10.1 Å². The monoisotopic (exact) mass is 417 g/mol. The highest BCUT2D eigenvalue weighted by atomic mass is 19.3. The Labute approximate surface area is 172 Å². The molecule has 0 saturated carbocycles. The van der Waals surface area contributed by atoms with Gasteiger partial charge in [-0.05, 0) is 60.7 Å². The lowest BCUT2D eigenvalue weighted by Crippen LogP contribution is -2.21. The minimum atomic E-state index is -2.93. The zero-order valence-electron chi connectivity index (χ0n) is 16.2. The molecule has 158 valence electrons. The van der Waals surface area contributed by atoms with Gasteiger partial charge in [-0.25, -0.2) is 0 Å². The number of aryl methyl sites for hydroxylation is 2. The number of amides is 1. The van der Waals surface area contributed by atoms with Gasteiger partial charge in [-0.15, -0.1) is 0 Å². The maximum absolute atomic E-state index is 12.3. The van der Waals surface area contributed by atoms with Crippen LogP contribution in [0.5, 0.6) is 5.75 Å². The zero-order chi connectivity index (χ0) is 21.5. The topological polar surface area (TPSA) is 81.7 Å². The summed E-state index contributed by atoms with van der Waals surface area (Å²) in [6.45, 7) is -3.44. The Morgan fingerprint density at radius 3 is 2.43 bits per heavy atom. The van der Waals surface area contributed by atoms with Crippen molar-refractivity contribution in [3.8, 4) is 5.75 Å². The lowest BCUT2D eigenvalue weighted by Gasteiger charge is -2.08. The Bertz CT molecular complexity index is 928. The Balaban J connectivity index is 1.38. The highest BCUT2D eigenvalue weighted by Crippen LogP contribution is 2.23. The summed E-state index contributed by atoms with van der Waals surface area (Å²) < 4.78 is 33.3. The van der Waals surface area contributed by atoms with Gasteiger partial charge in [0.25, 0.3) is 5.91 Å². The fraction of sp³-hybridized carbons (Fsp3) is 0.318. The standard InChI is InChI=1S/C22H21F2NO5/c23-22(24)30-18-8-6-17(7-9-18)25-20(27)13-29-21(28)11-10-19(26)16-5-4-14-2-1-3-15(14)12-16/h4-9,12,22H,1-3,10-11,13H2,(H,25,27). The number of halogens is 2. The minimum Gasteiger partial charge on any atom is -0.456 e. The van der Waals surface area contributed by atoms with E-state index in [0.29, 0.717) is 11.3 Å². The number of alkyl halides is 2. The number of carbonyl (C=O) groups excluding carboxylic acids is 3. The van der Waals surface area contributed by atoms with Crippen molar-refractivity contribution in [3.63, 3.8) is 0 Å². The first kappa shape index (κ1) is 21.4. The van der Waals surface area contributed by atoms with Gasteiger partial charge in [0, 0.05) is 17.7 Å². The summed E-state index contributed by atoms with van der Waals surface area (Å²) in [6, 6.07) is 10.9. The lowest BCUT2D eigenvalue weighted by molar-refractivity contribution is -0.147. The third-order valence-corrected chi connectivity index (χ3v) is 4.70. The van der Waals surface area contributed by atoms with E-state index in [0.717, 1.165) is 19.3 Å². The van der Waals surface area contributed by atoms with Gasteiger partial charge >= 0.3 is 12.6 Å². The Kier molecular flexibility index (Phi) is 7.11. The van der Waals surface area contributed by atoms with E-state index in [9.17, 15) is 23.2 Å². The van der Waals surface area contributed by atoms with E-state index >= 15 is 0 Å². The number of carbonyl (C=O) groups is 3. The molecule has 0 aliphatic heterocycles. The molecular formula is C22H21F2NO5. The highest BCUT2D eigenvalue weighted by molar-refractivity contribution is 5.98. The van der Waals surface area contributed by atoms with Crippen molar-refractivity contribution < 1.29 is 32.6 Å². The molecule has 0 unspecified atom stereocenters. The Morgan fingerprint density at radius 1 is 0.967 bits per heavy atom. The predicted molar refractivity (Wildman–Crippen MR) is 105 cm³/mol. The van der Waals surface area contributed by atoms with Crippen LogP contribution in [-0.4, -0.2) is 30.9 Å². The molecule has 30 heavy (non-hydrogen) atoms. The summed E-state index contributed by atoms with van der Waals surface area (Å²) in [5, 5.41) is 2.47. The van der Waals surface area contributed by atoms with E-state index in [1.165, 1.54) is 35.4 Å². The third kappa shape index (κ3) is 6.10. The predicted octanol–water partition coefficient (Wildman–Crippen LogP) is 3.92. The molecule has 0 fully saturated rings. The van der Waals surface area contributed by atoms with Crippen molar-refractivity contribution in [1.29, 1.82) is 0 Å². The van der Waals surface area contributed by atoms with Crippen molar-refractivity contribution >= 4 is 23.3 Å². The average molecular weight is 417 g/mol.